The average molecular weight is 845 g/mol. The Morgan fingerprint density at radius 2 is 1.66 bits per heavy atom. The number of aromatic hydroxyl groups is 1. The number of ether oxygens (including phenoxy) is 3. The zero-order valence-electron chi connectivity index (χ0n) is 35.8. The van der Waals surface area contributed by atoms with Gasteiger partial charge in [0.25, 0.3) is 0 Å². The molecule has 3 aliphatic rings. The monoisotopic (exact) mass is 844 g/mol. The van der Waals surface area contributed by atoms with E-state index < -0.39 is 26.5 Å². The molecule has 4 aromatic carbocycles. The number of aliphatic hydroxyl groups is 2. The first-order chi connectivity index (χ1) is 29.2. The van der Waals surface area contributed by atoms with Gasteiger partial charge in [-0.25, -0.2) is 4.79 Å². The number of H-pyrrole nitrogens is 1. The number of rotatable bonds is 15. The van der Waals surface area contributed by atoms with Gasteiger partial charge in [-0.05, 0) is 97.4 Å². The topological polar surface area (TPSA) is 145 Å². The molecule has 0 amide bonds. The molecule has 1 aliphatic heterocycles. The maximum Gasteiger partial charge on any atom is 0.348 e. The lowest BCUT2D eigenvalue weighted by atomic mass is 9.83. The second-order valence-corrected chi connectivity index (χ2v) is 21.7. The number of aliphatic hydroxyl groups excluding tert-OH is 1. The molecule has 2 saturated carbocycles. The average Bonchev–Trinajstić information content (AvgIpc) is 3.79. The highest BCUT2D eigenvalue weighted by molar-refractivity contribution is 6.60. The summed E-state index contributed by atoms with van der Waals surface area (Å²) in [5, 5.41) is 34.9. The molecule has 2 aliphatic carbocycles. The first-order valence-electron chi connectivity index (χ1n) is 21.5. The number of nitrogens with one attached hydrogen (secondary N) is 1. The smallest absolute Gasteiger partial charge is 0.348 e. The molecular formula is C49H58N3O8Si. The van der Waals surface area contributed by atoms with Crippen LogP contribution in [0.5, 0.6) is 23.0 Å². The van der Waals surface area contributed by atoms with Crippen molar-refractivity contribution in [2.75, 3.05) is 32.9 Å². The van der Waals surface area contributed by atoms with Gasteiger partial charge >= 0.3 is 5.97 Å². The molecule has 5 atom stereocenters. The Bertz CT molecular complexity index is 2370. The Kier molecular flexibility index (Phi) is 12.2. The molecule has 1 aromatic heterocycles. The van der Waals surface area contributed by atoms with Gasteiger partial charge in [0.2, 0.25) is 11.2 Å². The minimum absolute atomic E-state index is 0.0251. The molecule has 5 aromatic rings. The van der Waals surface area contributed by atoms with E-state index in [1.165, 1.54) is 12.1 Å². The van der Waals surface area contributed by atoms with Gasteiger partial charge in [0.15, 0.2) is 0 Å². The fraction of sp³-hybridized carbons (Fsp3) is 0.429. The van der Waals surface area contributed by atoms with Crippen LogP contribution in [0.1, 0.15) is 74.8 Å². The van der Waals surface area contributed by atoms with Gasteiger partial charge in [-0.1, -0.05) is 81.9 Å². The summed E-state index contributed by atoms with van der Waals surface area (Å²) in [5.74, 6) is 1.49. The predicted octanol–water partition coefficient (Wildman–Crippen LogP) is 7.69. The summed E-state index contributed by atoms with van der Waals surface area (Å²) in [6, 6.07) is 29.1. The molecule has 11 nitrogen and oxygen atoms in total. The van der Waals surface area contributed by atoms with E-state index in [2.05, 4.69) is 61.3 Å². The van der Waals surface area contributed by atoms with Crippen molar-refractivity contribution in [1.29, 1.82) is 0 Å². The second-order valence-electron chi connectivity index (χ2n) is 18.3. The number of aromatic amines is 1. The number of carbonyl (C=O) groups excluding carboxylic acids is 1. The van der Waals surface area contributed by atoms with Crippen LogP contribution >= 0.6 is 0 Å². The molecular weight excluding hydrogens is 787 g/mol. The van der Waals surface area contributed by atoms with Crippen molar-refractivity contribution in [2.45, 2.75) is 88.4 Å². The highest BCUT2D eigenvalue weighted by Crippen LogP contribution is 2.51. The van der Waals surface area contributed by atoms with Crippen molar-refractivity contribution in [1.82, 2.24) is 14.8 Å². The van der Waals surface area contributed by atoms with E-state index in [4.69, 9.17) is 14.2 Å². The Morgan fingerprint density at radius 1 is 0.967 bits per heavy atom. The summed E-state index contributed by atoms with van der Waals surface area (Å²) < 4.78 is 18.6. The number of phenols is 1. The van der Waals surface area contributed by atoms with Crippen molar-refractivity contribution >= 4 is 25.7 Å². The number of para-hydroxylation sites is 2. The number of hydrogen-bond donors (Lipinski definition) is 4. The summed E-state index contributed by atoms with van der Waals surface area (Å²) in [6.45, 7) is 11.6. The summed E-state index contributed by atoms with van der Waals surface area (Å²) in [5.41, 5.74) is 0.653. The quantitative estimate of drug-likeness (QED) is 0.0471. The van der Waals surface area contributed by atoms with E-state index >= 15 is 0 Å². The van der Waals surface area contributed by atoms with Gasteiger partial charge in [0, 0.05) is 54.2 Å². The lowest BCUT2D eigenvalue weighted by molar-refractivity contribution is -0.171. The molecule has 1 radical (unpaired) electrons. The van der Waals surface area contributed by atoms with E-state index in [0.29, 0.717) is 58.8 Å². The van der Waals surface area contributed by atoms with Crippen LogP contribution in [0.3, 0.4) is 0 Å². The molecule has 2 fully saturated rings. The Labute approximate surface area is 359 Å². The lowest BCUT2D eigenvalue weighted by Gasteiger charge is -2.35. The van der Waals surface area contributed by atoms with Crippen LogP contribution in [0.4, 0.5) is 0 Å². The fourth-order valence-corrected chi connectivity index (χ4v) is 11.0. The van der Waals surface area contributed by atoms with E-state index in [-0.39, 0.29) is 40.3 Å². The van der Waals surface area contributed by atoms with Crippen molar-refractivity contribution in [3.8, 4) is 23.0 Å². The third-order valence-electron chi connectivity index (χ3n) is 13.4. The van der Waals surface area contributed by atoms with Crippen LogP contribution < -0.4 is 15.0 Å². The van der Waals surface area contributed by atoms with Gasteiger partial charge in [-0.2, -0.15) is 0 Å². The van der Waals surface area contributed by atoms with E-state index in [0.717, 1.165) is 49.7 Å². The van der Waals surface area contributed by atoms with Crippen LogP contribution in [0.2, 0.25) is 11.6 Å². The Balaban J connectivity index is 0.849. The molecule has 2 bridgehead atoms. The van der Waals surface area contributed by atoms with Gasteiger partial charge in [0.05, 0.1) is 27.0 Å². The molecule has 61 heavy (non-hydrogen) atoms. The minimum Gasteiger partial charge on any atom is -0.506 e. The fourth-order valence-electron chi connectivity index (χ4n) is 9.59. The first kappa shape index (κ1) is 42.7. The van der Waals surface area contributed by atoms with Gasteiger partial charge in [-0.3, -0.25) is 9.69 Å². The number of aromatic nitrogens is 1. The number of nitrogens with zero attached hydrogens (tertiary/aromatic N) is 2. The van der Waals surface area contributed by atoms with E-state index in [9.17, 15) is 24.9 Å². The van der Waals surface area contributed by atoms with Crippen LogP contribution in [-0.4, -0.2) is 89.9 Å². The molecule has 0 saturated heterocycles. The first-order valence-corrected chi connectivity index (χ1v) is 23.7. The zero-order chi connectivity index (χ0) is 43.1. The number of carbonyl (C=O) groups is 1. The zero-order valence-corrected chi connectivity index (χ0v) is 36.8. The number of pyridine rings is 1. The molecule has 2 heterocycles. The maximum atomic E-state index is 14.1. The number of benzene rings is 4. The number of esters is 1. The normalized spacial score (nSPS) is 20.8. The second kappa shape index (κ2) is 17.4. The highest BCUT2D eigenvalue weighted by atomic mass is 28.3. The molecule has 5 unspecified atom stereocenters. The molecule has 12 heteroatoms. The summed E-state index contributed by atoms with van der Waals surface area (Å²) in [4.78, 5) is 33.4. The summed E-state index contributed by atoms with van der Waals surface area (Å²) in [7, 11) is 1.33. The van der Waals surface area contributed by atoms with Crippen LogP contribution in [0.25, 0.3) is 10.9 Å². The van der Waals surface area contributed by atoms with Crippen molar-refractivity contribution in [3.05, 3.63) is 130 Å². The standard InChI is InChI=1S/C49H58N3O8Si/c1-48(2,3)61(5)30-52(29-41(54)34-21-23-40(53)45-35(34)22-24-44(55)50-45)28-31-15-18-33(19-16-31)58-26-10-25-51(4)39-27-32-17-20-36(39)46(32)60-47(56)49(57)37-11-6-8-13-42(37)59-43-14-9-7-12-38(43)49/h6-9,11-16,18-19,21-24,32,36,39,41,46,53-54,57H,10,17,20,25-30H2,1-5H3,(H,50,55). The Morgan fingerprint density at radius 3 is 2.34 bits per heavy atom. The number of hydrogen-bond acceptors (Lipinski definition) is 10. The number of phenolic OH excluding ortho intramolecular Hbond substituents is 1. The van der Waals surface area contributed by atoms with E-state index in [1.54, 1.807) is 48.5 Å². The summed E-state index contributed by atoms with van der Waals surface area (Å²) in [6.07, 6.45) is 3.57. The van der Waals surface area contributed by atoms with Crippen LogP contribution in [-0.2, 0) is 21.7 Å². The van der Waals surface area contributed by atoms with Crippen molar-refractivity contribution < 1.29 is 34.3 Å². The van der Waals surface area contributed by atoms with Gasteiger partial charge < -0.3 is 39.4 Å². The Hall–Kier alpha value is -4.98. The molecule has 321 valence electrons. The van der Waals surface area contributed by atoms with Crippen molar-refractivity contribution in [3.63, 3.8) is 0 Å². The van der Waals surface area contributed by atoms with Crippen LogP contribution in [0, 0.1) is 11.8 Å². The summed E-state index contributed by atoms with van der Waals surface area (Å²) >= 11 is 0. The maximum absolute atomic E-state index is 14.1. The SMILES string of the molecule is CN(CCCOc1ccc(CN(CC(O)c2ccc(O)c3[nH]c(=O)ccc23)C[Si](C)C(C)(C)C)cc1)C1CC2CCC1C2OC(=O)C1(O)c2ccccc2Oc2ccccc21. The molecule has 4 N–H and O–H groups in total. The van der Waals surface area contributed by atoms with Crippen molar-refractivity contribution in [2.24, 2.45) is 11.8 Å². The van der Waals surface area contributed by atoms with Crippen LogP contribution in [0.15, 0.2) is 102 Å². The largest absolute Gasteiger partial charge is 0.506 e. The third kappa shape index (κ3) is 8.74. The van der Waals surface area contributed by atoms with Gasteiger partial charge in [0.1, 0.15) is 29.1 Å². The molecule has 0 spiro atoms. The molecule has 8 rings (SSSR count). The van der Waals surface area contributed by atoms with E-state index in [1.807, 2.05) is 24.3 Å². The predicted molar refractivity (Wildman–Crippen MR) is 237 cm³/mol. The minimum atomic E-state index is -1.95. The lowest BCUT2D eigenvalue weighted by Crippen LogP contribution is -2.44. The third-order valence-corrected chi connectivity index (χ3v) is 16.8. The highest BCUT2D eigenvalue weighted by Gasteiger charge is 2.55. The number of fused-ring (bicyclic) bond motifs is 5. The van der Waals surface area contributed by atoms with Gasteiger partial charge in [-0.15, -0.1) is 0 Å².